The molecule has 0 heterocycles. The van der Waals surface area contributed by atoms with Gasteiger partial charge in [0, 0.05) is 12.2 Å². The maximum Gasteiger partial charge on any atom is 0.0340 e. The first kappa shape index (κ1) is 19.7. The van der Waals surface area contributed by atoms with E-state index in [2.05, 4.69) is 122 Å². The van der Waals surface area contributed by atoms with E-state index in [4.69, 9.17) is 0 Å². The molecule has 142 valence electrons. The summed E-state index contributed by atoms with van der Waals surface area (Å²) in [7, 11) is 0. The van der Waals surface area contributed by atoms with E-state index in [0.29, 0.717) is 0 Å². The van der Waals surface area contributed by atoms with E-state index in [1.54, 1.807) is 0 Å². The van der Waals surface area contributed by atoms with Crippen LogP contribution in [-0.2, 0) is 0 Å². The molecule has 0 saturated heterocycles. The Kier molecular flexibility index (Phi) is 7.26. The third-order valence-corrected chi connectivity index (χ3v) is 4.68. The zero-order chi connectivity index (χ0) is 19.6. The van der Waals surface area contributed by atoms with Crippen molar-refractivity contribution in [2.45, 2.75) is 20.3 Å². The van der Waals surface area contributed by atoms with Gasteiger partial charge >= 0.3 is 0 Å². The SMILES string of the molecule is CC(C)CCNc1ccc(/C=C/C=C(c2ccccc2)c2ccccc2)cc1. The summed E-state index contributed by atoms with van der Waals surface area (Å²) in [5, 5.41) is 3.48. The van der Waals surface area contributed by atoms with Gasteiger partial charge in [-0.05, 0) is 46.7 Å². The average Bonchev–Trinajstić information content (AvgIpc) is 2.73. The molecule has 3 aromatic carbocycles. The molecule has 0 amide bonds. The first-order chi connectivity index (χ1) is 13.7. The third-order valence-electron chi connectivity index (χ3n) is 4.68. The molecular weight excluding hydrogens is 338 g/mol. The minimum absolute atomic E-state index is 0.727. The highest BCUT2D eigenvalue weighted by atomic mass is 14.9. The lowest BCUT2D eigenvalue weighted by Crippen LogP contribution is -2.04. The standard InChI is InChI=1S/C27H29N/c1-22(2)20-21-28-26-18-16-23(17-19-26)10-9-15-27(24-11-5-3-6-12-24)25-13-7-4-8-14-25/h3-19,22,28H,20-21H2,1-2H3/b10-9+. The number of benzene rings is 3. The molecule has 0 bridgehead atoms. The maximum absolute atomic E-state index is 3.48. The Labute approximate surface area is 169 Å². The highest BCUT2D eigenvalue weighted by Gasteiger charge is 2.02. The van der Waals surface area contributed by atoms with E-state index in [0.717, 1.165) is 12.5 Å². The summed E-state index contributed by atoms with van der Waals surface area (Å²) in [6.45, 7) is 5.53. The van der Waals surface area contributed by atoms with Crippen molar-refractivity contribution in [1.82, 2.24) is 0 Å². The van der Waals surface area contributed by atoms with Gasteiger partial charge in [0.1, 0.15) is 0 Å². The van der Waals surface area contributed by atoms with Gasteiger partial charge in [0.05, 0.1) is 0 Å². The van der Waals surface area contributed by atoms with E-state index in [1.807, 2.05) is 0 Å². The topological polar surface area (TPSA) is 12.0 Å². The molecule has 3 rings (SSSR count). The largest absolute Gasteiger partial charge is 0.385 e. The molecule has 0 spiro atoms. The van der Waals surface area contributed by atoms with Gasteiger partial charge in [0.15, 0.2) is 0 Å². The fourth-order valence-electron chi connectivity index (χ4n) is 3.07. The number of nitrogens with one attached hydrogen (secondary N) is 1. The fourth-order valence-corrected chi connectivity index (χ4v) is 3.07. The molecule has 0 saturated carbocycles. The highest BCUT2D eigenvalue weighted by Crippen LogP contribution is 2.23. The van der Waals surface area contributed by atoms with Crippen LogP contribution in [0.25, 0.3) is 11.6 Å². The molecule has 3 aromatic rings. The molecule has 0 aliphatic rings. The number of hydrogen-bond acceptors (Lipinski definition) is 1. The predicted molar refractivity (Wildman–Crippen MR) is 123 cm³/mol. The lowest BCUT2D eigenvalue weighted by atomic mass is 9.97. The van der Waals surface area contributed by atoms with Crippen molar-refractivity contribution in [2.24, 2.45) is 5.92 Å². The zero-order valence-electron chi connectivity index (χ0n) is 16.8. The van der Waals surface area contributed by atoms with Crippen molar-refractivity contribution >= 4 is 17.3 Å². The second kappa shape index (κ2) is 10.3. The van der Waals surface area contributed by atoms with Crippen LogP contribution in [0.1, 0.15) is 37.0 Å². The van der Waals surface area contributed by atoms with Gasteiger partial charge in [0.2, 0.25) is 0 Å². The van der Waals surface area contributed by atoms with Gasteiger partial charge < -0.3 is 5.32 Å². The third kappa shape index (κ3) is 5.99. The summed E-state index contributed by atoms with van der Waals surface area (Å²) >= 11 is 0. The number of hydrogen-bond donors (Lipinski definition) is 1. The summed E-state index contributed by atoms with van der Waals surface area (Å²) in [6, 6.07) is 29.7. The minimum Gasteiger partial charge on any atom is -0.385 e. The molecule has 0 atom stereocenters. The van der Waals surface area contributed by atoms with Crippen molar-refractivity contribution in [3.05, 3.63) is 114 Å². The highest BCUT2D eigenvalue weighted by molar-refractivity contribution is 5.81. The van der Waals surface area contributed by atoms with Crippen LogP contribution in [0.5, 0.6) is 0 Å². The van der Waals surface area contributed by atoms with Gasteiger partial charge in [-0.2, -0.15) is 0 Å². The molecular formula is C27H29N. The normalized spacial score (nSPS) is 11.0. The van der Waals surface area contributed by atoms with Crippen LogP contribution in [0.15, 0.2) is 97.1 Å². The van der Waals surface area contributed by atoms with E-state index < -0.39 is 0 Å². The van der Waals surface area contributed by atoms with Crippen molar-refractivity contribution in [3.63, 3.8) is 0 Å². The lowest BCUT2D eigenvalue weighted by molar-refractivity contribution is 0.607. The summed E-state index contributed by atoms with van der Waals surface area (Å²) in [5.74, 6) is 0.727. The Morgan fingerprint density at radius 3 is 1.89 bits per heavy atom. The van der Waals surface area contributed by atoms with Crippen LogP contribution >= 0.6 is 0 Å². The maximum atomic E-state index is 3.48. The Morgan fingerprint density at radius 1 is 0.786 bits per heavy atom. The average molecular weight is 368 g/mol. The van der Waals surface area contributed by atoms with Crippen molar-refractivity contribution in [1.29, 1.82) is 0 Å². The molecule has 0 unspecified atom stereocenters. The summed E-state index contributed by atoms with van der Waals surface area (Å²) in [4.78, 5) is 0. The van der Waals surface area contributed by atoms with E-state index in [1.165, 1.54) is 34.4 Å². The number of rotatable bonds is 8. The van der Waals surface area contributed by atoms with Gasteiger partial charge in [-0.25, -0.2) is 0 Å². The predicted octanol–water partition coefficient (Wildman–Crippen LogP) is 7.29. The number of anilines is 1. The van der Waals surface area contributed by atoms with Gasteiger partial charge in [-0.3, -0.25) is 0 Å². The van der Waals surface area contributed by atoms with Crippen molar-refractivity contribution < 1.29 is 0 Å². The van der Waals surface area contributed by atoms with E-state index in [9.17, 15) is 0 Å². The monoisotopic (exact) mass is 367 g/mol. The zero-order valence-corrected chi connectivity index (χ0v) is 16.8. The number of allylic oxidation sites excluding steroid dienone is 2. The molecule has 0 aliphatic carbocycles. The fraction of sp³-hybridized carbons (Fsp3) is 0.185. The molecule has 1 heteroatoms. The van der Waals surface area contributed by atoms with Crippen LogP contribution in [0.4, 0.5) is 5.69 Å². The van der Waals surface area contributed by atoms with Gasteiger partial charge in [-0.15, -0.1) is 0 Å². The van der Waals surface area contributed by atoms with Crippen LogP contribution < -0.4 is 5.32 Å². The first-order valence-corrected chi connectivity index (χ1v) is 10.1. The Balaban J connectivity index is 1.73. The molecule has 0 radical (unpaired) electrons. The van der Waals surface area contributed by atoms with Crippen LogP contribution in [-0.4, -0.2) is 6.54 Å². The van der Waals surface area contributed by atoms with Crippen molar-refractivity contribution in [3.8, 4) is 0 Å². The van der Waals surface area contributed by atoms with E-state index >= 15 is 0 Å². The minimum atomic E-state index is 0.727. The molecule has 1 N–H and O–H groups in total. The van der Waals surface area contributed by atoms with E-state index in [-0.39, 0.29) is 0 Å². The smallest absolute Gasteiger partial charge is 0.0340 e. The first-order valence-electron chi connectivity index (χ1n) is 10.1. The second-order valence-corrected chi connectivity index (χ2v) is 7.40. The lowest BCUT2D eigenvalue weighted by Gasteiger charge is -2.08. The summed E-state index contributed by atoms with van der Waals surface area (Å²) in [5.41, 5.74) is 6.06. The quantitative estimate of drug-likeness (QED) is 0.412. The van der Waals surface area contributed by atoms with Gasteiger partial charge in [0.25, 0.3) is 0 Å². The Hall–Kier alpha value is -3.06. The Morgan fingerprint density at radius 2 is 1.36 bits per heavy atom. The summed E-state index contributed by atoms with van der Waals surface area (Å²) < 4.78 is 0. The summed E-state index contributed by atoms with van der Waals surface area (Å²) in [6.07, 6.45) is 7.67. The molecule has 0 aromatic heterocycles. The van der Waals surface area contributed by atoms with Crippen LogP contribution in [0.2, 0.25) is 0 Å². The van der Waals surface area contributed by atoms with Crippen molar-refractivity contribution in [2.75, 3.05) is 11.9 Å². The van der Waals surface area contributed by atoms with Crippen LogP contribution in [0, 0.1) is 5.92 Å². The molecule has 28 heavy (non-hydrogen) atoms. The van der Waals surface area contributed by atoms with Crippen LogP contribution in [0.3, 0.4) is 0 Å². The molecule has 0 aliphatic heterocycles. The molecule has 0 fully saturated rings. The molecule has 1 nitrogen and oxygen atoms in total. The second-order valence-electron chi connectivity index (χ2n) is 7.40. The Bertz CT molecular complexity index is 847. The van der Waals surface area contributed by atoms with Gasteiger partial charge in [-0.1, -0.05) is 105 Å².